The van der Waals surface area contributed by atoms with Crippen LogP contribution in [-0.4, -0.2) is 31.3 Å². The minimum atomic E-state index is -3.99. The maximum absolute atomic E-state index is 11.7. The molecular weight excluding hydrogens is 199 g/mol. The zero-order chi connectivity index (χ0) is 10.2. The number of rotatable bonds is 7. The van der Waals surface area contributed by atoms with E-state index in [1.807, 2.05) is 6.26 Å². The van der Waals surface area contributed by atoms with Crippen LogP contribution in [0.15, 0.2) is 0 Å². The van der Waals surface area contributed by atoms with Gasteiger partial charge >= 0.3 is 6.18 Å². The highest BCUT2D eigenvalue weighted by molar-refractivity contribution is 7.98. The van der Waals surface area contributed by atoms with Crippen LogP contribution in [0.4, 0.5) is 13.2 Å². The number of halogens is 3. The molecule has 80 valence electrons. The molecule has 0 spiro atoms. The Morgan fingerprint density at radius 2 is 1.85 bits per heavy atom. The van der Waals surface area contributed by atoms with Crippen LogP contribution < -0.4 is 5.32 Å². The highest BCUT2D eigenvalue weighted by atomic mass is 32.2. The predicted octanol–water partition coefficient (Wildman–Crippen LogP) is 2.67. The Bertz CT molecular complexity index is 116. The first kappa shape index (κ1) is 13.1. The molecule has 0 aliphatic heterocycles. The average molecular weight is 215 g/mol. The van der Waals surface area contributed by atoms with Crippen LogP contribution in [0.25, 0.3) is 0 Å². The van der Waals surface area contributed by atoms with Crippen molar-refractivity contribution in [2.75, 3.05) is 25.1 Å². The summed E-state index contributed by atoms with van der Waals surface area (Å²) in [5.41, 5.74) is 0. The number of hydrogen-bond acceptors (Lipinski definition) is 2. The molecule has 0 unspecified atom stereocenters. The van der Waals surface area contributed by atoms with Gasteiger partial charge in [0.15, 0.2) is 0 Å². The van der Waals surface area contributed by atoms with Gasteiger partial charge in [-0.1, -0.05) is 0 Å². The molecule has 5 heteroatoms. The minimum absolute atomic E-state index is 0.232. The van der Waals surface area contributed by atoms with E-state index in [0.29, 0.717) is 13.0 Å². The van der Waals surface area contributed by atoms with Gasteiger partial charge in [-0.25, -0.2) is 0 Å². The van der Waals surface area contributed by atoms with Crippen molar-refractivity contribution in [3.8, 4) is 0 Å². The van der Waals surface area contributed by atoms with Crippen molar-refractivity contribution in [1.82, 2.24) is 5.32 Å². The smallest absolute Gasteiger partial charge is 0.316 e. The molecule has 0 amide bonds. The molecule has 0 atom stereocenters. The first-order valence-corrected chi connectivity index (χ1v) is 5.72. The molecule has 0 saturated carbocycles. The Hall–Kier alpha value is 0.100. The van der Waals surface area contributed by atoms with Crippen molar-refractivity contribution in [1.29, 1.82) is 0 Å². The fraction of sp³-hybridized carbons (Fsp3) is 1.00. The van der Waals surface area contributed by atoms with Crippen molar-refractivity contribution < 1.29 is 13.2 Å². The number of thioether (sulfide) groups is 1. The van der Waals surface area contributed by atoms with Crippen LogP contribution in [0.5, 0.6) is 0 Å². The molecule has 1 N–H and O–H groups in total. The van der Waals surface area contributed by atoms with E-state index in [9.17, 15) is 13.2 Å². The van der Waals surface area contributed by atoms with Crippen LogP contribution >= 0.6 is 11.8 Å². The molecule has 0 heterocycles. The third-order valence-electron chi connectivity index (χ3n) is 1.55. The van der Waals surface area contributed by atoms with E-state index in [1.54, 1.807) is 11.8 Å². The van der Waals surface area contributed by atoms with Gasteiger partial charge in [-0.2, -0.15) is 24.9 Å². The third-order valence-corrected chi connectivity index (χ3v) is 2.16. The van der Waals surface area contributed by atoms with E-state index in [4.69, 9.17) is 0 Å². The molecule has 0 aromatic carbocycles. The quantitative estimate of drug-likeness (QED) is 0.655. The molecule has 0 aliphatic rings. The first-order valence-electron chi connectivity index (χ1n) is 4.32. The van der Waals surface area contributed by atoms with Crippen molar-refractivity contribution in [3.63, 3.8) is 0 Å². The molecule has 0 radical (unpaired) electrons. The summed E-state index contributed by atoms with van der Waals surface area (Å²) >= 11 is 1.73. The van der Waals surface area contributed by atoms with Crippen LogP contribution in [0, 0.1) is 0 Å². The first-order chi connectivity index (χ1) is 6.06. The average Bonchev–Trinajstić information content (AvgIpc) is 2.01. The van der Waals surface area contributed by atoms with E-state index in [0.717, 1.165) is 12.3 Å². The highest BCUT2D eigenvalue weighted by Gasteiger charge is 2.25. The van der Waals surface area contributed by atoms with Crippen molar-refractivity contribution >= 4 is 11.8 Å². The summed E-state index contributed by atoms with van der Waals surface area (Å²) in [4.78, 5) is 0. The number of unbranched alkanes of at least 4 members (excludes halogenated alkanes) is 1. The largest absolute Gasteiger partial charge is 0.389 e. The maximum atomic E-state index is 11.7. The van der Waals surface area contributed by atoms with E-state index >= 15 is 0 Å². The van der Waals surface area contributed by atoms with E-state index < -0.39 is 12.6 Å². The Balaban J connectivity index is 3.00. The van der Waals surface area contributed by atoms with Gasteiger partial charge in [0, 0.05) is 18.7 Å². The lowest BCUT2D eigenvalue weighted by molar-refractivity contribution is -0.135. The minimum Gasteiger partial charge on any atom is -0.316 e. The summed E-state index contributed by atoms with van der Waals surface area (Å²) in [6.45, 7) is 1.57. The summed E-state index contributed by atoms with van der Waals surface area (Å²) in [5.74, 6) is 1.01. The van der Waals surface area contributed by atoms with Crippen LogP contribution in [0.3, 0.4) is 0 Å². The third kappa shape index (κ3) is 12.1. The van der Waals surface area contributed by atoms with Crippen molar-refractivity contribution in [2.24, 2.45) is 0 Å². The Labute approximate surface area is 81.5 Å². The van der Waals surface area contributed by atoms with Gasteiger partial charge in [0.25, 0.3) is 0 Å². The Kier molecular flexibility index (Phi) is 7.56. The maximum Gasteiger partial charge on any atom is 0.389 e. The standard InChI is InChI=1S/C8H16F3NS/c1-13-7-6-12-5-3-2-4-8(9,10)11/h12H,2-7H2,1H3. The molecule has 0 bridgehead atoms. The van der Waals surface area contributed by atoms with Gasteiger partial charge in [-0.05, 0) is 25.6 Å². The van der Waals surface area contributed by atoms with Gasteiger partial charge in [0.05, 0.1) is 0 Å². The van der Waals surface area contributed by atoms with Gasteiger partial charge in [0.2, 0.25) is 0 Å². The van der Waals surface area contributed by atoms with Crippen LogP contribution in [0.1, 0.15) is 19.3 Å². The predicted molar refractivity (Wildman–Crippen MR) is 51.2 cm³/mol. The lowest BCUT2D eigenvalue weighted by Crippen LogP contribution is -2.19. The van der Waals surface area contributed by atoms with Gasteiger partial charge in [-0.3, -0.25) is 0 Å². The zero-order valence-electron chi connectivity index (χ0n) is 7.78. The summed E-state index contributed by atoms with van der Waals surface area (Å²) in [7, 11) is 0. The SMILES string of the molecule is CSCCNCCCCC(F)(F)F. The number of alkyl halides is 3. The summed E-state index contributed by atoms with van der Waals surface area (Å²) < 4.78 is 35.0. The van der Waals surface area contributed by atoms with E-state index in [1.165, 1.54) is 0 Å². The van der Waals surface area contributed by atoms with Gasteiger partial charge < -0.3 is 5.32 Å². The molecule has 0 fully saturated rings. The molecule has 0 aliphatic carbocycles. The van der Waals surface area contributed by atoms with E-state index in [-0.39, 0.29) is 6.42 Å². The van der Waals surface area contributed by atoms with Crippen LogP contribution in [0.2, 0.25) is 0 Å². The lowest BCUT2D eigenvalue weighted by atomic mass is 10.2. The second kappa shape index (κ2) is 7.50. The summed E-state index contributed by atoms with van der Waals surface area (Å²) in [6, 6.07) is 0. The van der Waals surface area contributed by atoms with Crippen molar-refractivity contribution in [3.05, 3.63) is 0 Å². The Morgan fingerprint density at radius 1 is 1.15 bits per heavy atom. The zero-order valence-corrected chi connectivity index (χ0v) is 8.60. The Morgan fingerprint density at radius 3 is 2.38 bits per heavy atom. The highest BCUT2D eigenvalue weighted by Crippen LogP contribution is 2.21. The summed E-state index contributed by atoms with van der Waals surface area (Å²) in [5, 5.41) is 3.08. The fourth-order valence-corrected chi connectivity index (χ4v) is 1.22. The van der Waals surface area contributed by atoms with Crippen molar-refractivity contribution in [2.45, 2.75) is 25.4 Å². The molecule has 0 rings (SSSR count). The number of nitrogens with one attached hydrogen (secondary N) is 1. The molecule has 0 aromatic heterocycles. The van der Waals surface area contributed by atoms with E-state index in [2.05, 4.69) is 5.32 Å². The van der Waals surface area contributed by atoms with Gasteiger partial charge in [-0.15, -0.1) is 0 Å². The number of hydrogen-bond donors (Lipinski definition) is 1. The molecular formula is C8H16F3NS. The molecule has 0 saturated heterocycles. The topological polar surface area (TPSA) is 12.0 Å². The lowest BCUT2D eigenvalue weighted by Gasteiger charge is -2.06. The van der Waals surface area contributed by atoms with Crippen LogP contribution in [-0.2, 0) is 0 Å². The monoisotopic (exact) mass is 215 g/mol. The second-order valence-electron chi connectivity index (χ2n) is 2.82. The summed E-state index contributed by atoms with van der Waals surface area (Å²) in [6.07, 6.45) is -1.80. The normalized spacial score (nSPS) is 12.0. The van der Waals surface area contributed by atoms with Gasteiger partial charge in [0.1, 0.15) is 0 Å². The molecule has 13 heavy (non-hydrogen) atoms. The second-order valence-corrected chi connectivity index (χ2v) is 3.80. The fourth-order valence-electron chi connectivity index (χ4n) is 0.875. The molecule has 1 nitrogen and oxygen atoms in total. The molecule has 0 aromatic rings.